The summed E-state index contributed by atoms with van der Waals surface area (Å²) in [4.78, 5) is 35.8. The van der Waals surface area contributed by atoms with Crippen LogP contribution in [0.2, 0.25) is 0 Å². The third kappa shape index (κ3) is 4.76. The molecule has 1 amide bonds. The summed E-state index contributed by atoms with van der Waals surface area (Å²) in [6.45, 7) is 6.53. The van der Waals surface area contributed by atoms with Gasteiger partial charge in [0.1, 0.15) is 11.2 Å². The number of carbonyl (C=O) groups is 2. The Labute approximate surface area is 167 Å². The van der Waals surface area contributed by atoms with Crippen LogP contribution in [0.5, 0.6) is 0 Å². The van der Waals surface area contributed by atoms with E-state index in [0.29, 0.717) is 30.8 Å². The lowest BCUT2D eigenvalue weighted by molar-refractivity contribution is 0.0534. The Balaban J connectivity index is 1.94. The number of hydrogen-bond acceptors (Lipinski definition) is 5. The Morgan fingerprint density at radius 1 is 1.34 bits per heavy atom. The van der Waals surface area contributed by atoms with E-state index in [2.05, 4.69) is 17.2 Å². The third-order valence-electron chi connectivity index (χ3n) is 4.17. The molecule has 0 unspecified atom stereocenters. The summed E-state index contributed by atoms with van der Waals surface area (Å²) in [5.41, 5.74) is 0.520. The molecule has 3 rings (SSSR count). The number of aromatic carboxylic acids is 1. The first kappa shape index (κ1) is 20.4. The molecule has 0 atom stereocenters. The molecule has 8 nitrogen and oxygen atoms in total. The zero-order valence-corrected chi connectivity index (χ0v) is 16.5. The maximum Gasteiger partial charge on any atom is 0.408 e. The molecule has 1 aromatic heterocycles. The van der Waals surface area contributed by atoms with Crippen molar-refractivity contribution in [1.82, 2.24) is 9.88 Å². The van der Waals surface area contributed by atoms with Crippen LogP contribution in [-0.2, 0) is 22.6 Å². The van der Waals surface area contributed by atoms with Crippen LogP contribution in [0.1, 0.15) is 42.3 Å². The van der Waals surface area contributed by atoms with Crippen LogP contribution < -0.4 is 10.7 Å². The third-order valence-corrected chi connectivity index (χ3v) is 4.17. The molecule has 29 heavy (non-hydrogen) atoms. The maximum absolute atomic E-state index is 12.7. The minimum absolute atomic E-state index is 0.0676. The van der Waals surface area contributed by atoms with Crippen LogP contribution >= 0.6 is 0 Å². The van der Waals surface area contributed by atoms with Gasteiger partial charge in [-0.3, -0.25) is 4.79 Å². The van der Waals surface area contributed by atoms with Gasteiger partial charge in [0, 0.05) is 29.3 Å². The highest BCUT2D eigenvalue weighted by Crippen LogP contribution is 2.23. The highest BCUT2D eigenvalue weighted by atomic mass is 16.6. The number of nitrogens with zero attached hydrogens (tertiary/aromatic N) is 1. The van der Waals surface area contributed by atoms with Gasteiger partial charge in [-0.1, -0.05) is 11.8 Å². The topological polar surface area (TPSA) is 107 Å². The number of amides is 1. The van der Waals surface area contributed by atoms with E-state index in [4.69, 9.17) is 9.47 Å². The quantitative estimate of drug-likeness (QED) is 0.751. The van der Waals surface area contributed by atoms with Gasteiger partial charge in [-0.2, -0.15) is 0 Å². The molecule has 2 N–H and O–H groups in total. The molecular weight excluding hydrogens is 376 g/mol. The smallest absolute Gasteiger partial charge is 0.408 e. The zero-order valence-electron chi connectivity index (χ0n) is 16.5. The summed E-state index contributed by atoms with van der Waals surface area (Å²) in [5, 5.41) is 12.2. The fourth-order valence-corrected chi connectivity index (χ4v) is 3.06. The second-order valence-electron chi connectivity index (χ2n) is 7.61. The predicted octanol–water partition coefficient (Wildman–Crippen LogP) is 2.11. The molecule has 152 valence electrons. The number of aromatic nitrogens is 1. The van der Waals surface area contributed by atoms with Crippen molar-refractivity contribution >= 4 is 23.0 Å². The van der Waals surface area contributed by atoms with E-state index in [0.717, 1.165) is 5.56 Å². The number of carboxylic acids is 1. The van der Waals surface area contributed by atoms with Crippen LogP contribution in [-0.4, -0.2) is 40.5 Å². The Hall–Kier alpha value is -3.31. The van der Waals surface area contributed by atoms with Crippen molar-refractivity contribution in [1.29, 1.82) is 0 Å². The molecule has 0 bridgehead atoms. The first-order valence-electron chi connectivity index (χ1n) is 9.12. The lowest BCUT2D eigenvalue weighted by Gasteiger charge is -2.19. The minimum atomic E-state index is -1.27. The number of ether oxygens (including phenoxy) is 2. The first-order valence-corrected chi connectivity index (χ1v) is 9.12. The lowest BCUT2D eigenvalue weighted by atomic mass is 10.0. The van der Waals surface area contributed by atoms with Crippen molar-refractivity contribution in [3.8, 4) is 11.8 Å². The largest absolute Gasteiger partial charge is 0.477 e. The molecular formula is C21H22N2O6. The van der Waals surface area contributed by atoms with Crippen molar-refractivity contribution < 1.29 is 24.2 Å². The molecule has 0 spiro atoms. The summed E-state index contributed by atoms with van der Waals surface area (Å²) >= 11 is 0. The van der Waals surface area contributed by atoms with E-state index >= 15 is 0 Å². The van der Waals surface area contributed by atoms with Crippen molar-refractivity contribution in [2.75, 3.05) is 13.2 Å². The molecule has 8 heteroatoms. The minimum Gasteiger partial charge on any atom is -0.477 e. The van der Waals surface area contributed by atoms with Crippen molar-refractivity contribution in [2.24, 2.45) is 0 Å². The Morgan fingerprint density at radius 3 is 2.79 bits per heavy atom. The van der Waals surface area contributed by atoms with Gasteiger partial charge in [0.2, 0.25) is 5.43 Å². The average molecular weight is 398 g/mol. The Morgan fingerprint density at radius 2 is 2.10 bits per heavy atom. The highest BCUT2D eigenvalue weighted by molar-refractivity contribution is 5.94. The molecule has 0 radical (unpaired) electrons. The Bertz CT molecular complexity index is 1100. The van der Waals surface area contributed by atoms with Crippen LogP contribution in [0, 0.1) is 11.8 Å². The van der Waals surface area contributed by atoms with E-state index in [9.17, 15) is 19.5 Å². The van der Waals surface area contributed by atoms with E-state index in [1.807, 2.05) is 6.07 Å². The van der Waals surface area contributed by atoms with Crippen molar-refractivity contribution in [3.63, 3.8) is 0 Å². The van der Waals surface area contributed by atoms with Gasteiger partial charge in [0.25, 0.3) is 0 Å². The molecule has 2 aromatic rings. The van der Waals surface area contributed by atoms with E-state index in [-0.39, 0.29) is 17.5 Å². The number of benzene rings is 1. The van der Waals surface area contributed by atoms with Crippen LogP contribution in [0.25, 0.3) is 10.9 Å². The monoisotopic (exact) mass is 398 g/mol. The number of hydrogen-bond donors (Lipinski definition) is 2. The van der Waals surface area contributed by atoms with Gasteiger partial charge in [-0.05, 0) is 32.9 Å². The lowest BCUT2D eigenvalue weighted by Crippen LogP contribution is -2.32. The summed E-state index contributed by atoms with van der Waals surface area (Å²) in [6, 6.07) is 3.39. The average Bonchev–Trinajstić information content (AvgIpc) is 2.82. The Kier molecular flexibility index (Phi) is 5.62. The van der Waals surface area contributed by atoms with Gasteiger partial charge in [-0.15, -0.1) is 0 Å². The fraction of sp³-hybridized carbons (Fsp3) is 0.381. The van der Waals surface area contributed by atoms with Gasteiger partial charge < -0.3 is 24.5 Å². The molecule has 0 fully saturated rings. The molecule has 1 aromatic carbocycles. The zero-order chi connectivity index (χ0) is 21.2. The van der Waals surface area contributed by atoms with Crippen LogP contribution in [0.3, 0.4) is 0 Å². The van der Waals surface area contributed by atoms with Crippen molar-refractivity contribution in [3.05, 3.63) is 45.2 Å². The second-order valence-corrected chi connectivity index (χ2v) is 7.61. The van der Waals surface area contributed by atoms with Gasteiger partial charge in [-0.25, -0.2) is 9.59 Å². The maximum atomic E-state index is 12.7. The van der Waals surface area contributed by atoms with Crippen molar-refractivity contribution in [2.45, 2.75) is 39.5 Å². The molecule has 2 heterocycles. The van der Waals surface area contributed by atoms with Gasteiger partial charge >= 0.3 is 12.1 Å². The summed E-state index contributed by atoms with van der Waals surface area (Å²) in [5.74, 6) is 4.44. The standard InChI is InChI=1S/C21H22N2O6/c1-21(2,3)29-20(27)22-6-4-5-13-9-14-12-28-8-7-23-11-16(19(25)26)18(24)15(10-13)17(14)23/h9-11H,6-8,12H2,1-3H3,(H,22,27)(H,25,26). The SMILES string of the molecule is CC(C)(C)OC(=O)NCC#Cc1cc2c3c(c1)c(=O)c(C(=O)O)cn3CCOC2. The molecule has 1 aliphatic heterocycles. The normalized spacial score (nSPS) is 13.2. The van der Waals surface area contributed by atoms with E-state index in [1.54, 1.807) is 31.4 Å². The van der Waals surface area contributed by atoms with E-state index < -0.39 is 23.1 Å². The number of nitrogens with one attached hydrogen (secondary N) is 1. The number of rotatable bonds is 2. The summed E-state index contributed by atoms with van der Waals surface area (Å²) in [6.07, 6.45) is 0.792. The molecule has 1 aliphatic rings. The fourth-order valence-electron chi connectivity index (χ4n) is 3.06. The first-order chi connectivity index (χ1) is 13.7. The van der Waals surface area contributed by atoms with Crippen LogP contribution in [0.4, 0.5) is 4.79 Å². The van der Waals surface area contributed by atoms with Crippen LogP contribution in [0.15, 0.2) is 23.1 Å². The molecule has 0 saturated heterocycles. The number of alkyl carbamates (subject to hydrolysis) is 1. The number of carboxylic acid groups (broad SMARTS) is 1. The van der Waals surface area contributed by atoms with Gasteiger partial charge in [0.15, 0.2) is 0 Å². The summed E-state index contributed by atoms with van der Waals surface area (Å²) < 4.78 is 12.4. The number of carbonyl (C=O) groups excluding carboxylic acids is 1. The molecule has 0 saturated carbocycles. The number of pyridine rings is 1. The molecule has 0 aliphatic carbocycles. The van der Waals surface area contributed by atoms with E-state index in [1.165, 1.54) is 6.20 Å². The second kappa shape index (κ2) is 7.97. The van der Waals surface area contributed by atoms with Gasteiger partial charge in [0.05, 0.1) is 25.3 Å². The predicted molar refractivity (Wildman–Crippen MR) is 106 cm³/mol. The highest BCUT2D eigenvalue weighted by Gasteiger charge is 2.19. The summed E-state index contributed by atoms with van der Waals surface area (Å²) in [7, 11) is 0.